The third-order valence-electron chi connectivity index (χ3n) is 5.75. The number of hydrogen-bond acceptors (Lipinski definition) is 3. The van der Waals surface area contributed by atoms with Gasteiger partial charge in [0.05, 0.1) is 0 Å². The molecule has 32 heavy (non-hydrogen) atoms. The number of anilines is 2. The third-order valence-corrected chi connectivity index (χ3v) is 5.75. The van der Waals surface area contributed by atoms with Crippen LogP contribution < -0.4 is 15.4 Å². The summed E-state index contributed by atoms with van der Waals surface area (Å²) in [5.74, 6) is 1.53. The second-order valence-corrected chi connectivity index (χ2v) is 8.74. The molecular weight excluding hydrogens is 398 g/mol. The highest BCUT2D eigenvalue weighted by Gasteiger charge is 2.19. The molecule has 4 rings (SSSR count). The summed E-state index contributed by atoms with van der Waals surface area (Å²) in [6.07, 6.45) is 3.37. The van der Waals surface area contributed by atoms with Crippen molar-refractivity contribution in [2.24, 2.45) is 5.92 Å². The first-order chi connectivity index (χ1) is 15.5. The van der Waals surface area contributed by atoms with E-state index in [1.54, 1.807) is 0 Å². The number of carbonyl (C=O) groups is 1. The van der Waals surface area contributed by atoms with Crippen LogP contribution in [0, 0.1) is 5.92 Å². The van der Waals surface area contributed by atoms with E-state index in [9.17, 15) is 4.79 Å². The Morgan fingerprint density at radius 2 is 1.72 bits per heavy atom. The third kappa shape index (κ3) is 6.11. The van der Waals surface area contributed by atoms with Crippen LogP contribution in [0.1, 0.15) is 23.1 Å². The monoisotopic (exact) mass is 429 g/mol. The zero-order chi connectivity index (χ0) is 22.3. The second kappa shape index (κ2) is 10.3. The Kier molecular flexibility index (Phi) is 7.07. The van der Waals surface area contributed by atoms with E-state index in [-0.39, 0.29) is 6.03 Å². The van der Waals surface area contributed by atoms with Gasteiger partial charge in [-0.25, -0.2) is 4.79 Å². The fourth-order valence-electron chi connectivity index (χ4n) is 4.30. The molecule has 5 nitrogen and oxygen atoms in total. The van der Waals surface area contributed by atoms with E-state index >= 15 is 0 Å². The zero-order valence-corrected chi connectivity index (χ0v) is 18.8. The van der Waals surface area contributed by atoms with Crippen LogP contribution in [-0.4, -0.2) is 31.6 Å². The molecule has 0 saturated carbocycles. The lowest BCUT2D eigenvalue weighted by Gasteiger charge is -2.27. The molecule has 3 aromatic rings. The molecule has 0 radical (unpaired) electrons. The molecule has 5 heteroatoms. The molecule has 0 aromatic heterocycles. The highest BCUT2D eigenvalue weighted by molar-refractivity contribution is 5.99. The lowest BCUT2D eigenvalue weighted by molar-refractivity contribution is 0.262. The van der Waals surface area contributed by atoms with Crippen LogP contribution in [0.3, 0.4) is 0 Å². The van der Waals surface area contributed by atoms with E-state index in [1.165, 1.54) is 17.5 Å². The van der Waals surface area contributed by atoms with Crippen LogP contribution in [0.2, 0.25) is 0 Å². The fourth-order valence-corrected chi connectivity index (χ4v) is 4.30. The smallest absolute Gasteiger partial charge is 0.323 e. The van der Waals surface area contributed by atoms with Gasteiger partial charge in [-0.05, 0) is 92.4 Å². The van der Waals surface area contributed by atoms with Gasteiger partial charge in [-0.15, -0.1) is 0 Å². The molecule has 0 aliphatic heterocycles. The molecule has 1 unspecified atom stereocenters. The molecule has 0 heterocycles. The topological polar surface area (TPSA) is 53.6 Å². The van der Waals surface area contributed by atoms with E-state index in [1.807, 2.05) is 60.7 Å². The van der Waals surface area contributed by atoms with Gasteiger partial charge < -0.3 is 20.3 Å². The summed E-state index contributed by atoms with van der Waals surface area (Å²) in [5.41, 5.74) is 5.31. The average Bonchev–Trinajstić information content (AvgIpc) is 2.78. The predicted molar refractivity (Wildman–Crippen MR) is 130 cm³/mol. The zero-order valence-electron chi connectivity index (χ0n) is 18.8. The highest BCUT2D eigenvalue weighted by Crippen LogP contribution is 2.28. The number of nitrogens with one attached hydrogen (secondary N) is 2. The van der Waals surface area contributed by atoms with Crippen molar-refractivity contribution in [2.45, 2.75) is 25.9 Å². The predicted octanol–water partition coefficient (Wildman–Crippen LogP) is 5.58. The molecule has 2 amide bonds. The van der Waals surface area contributed by atoms with Crippen LogP contribution in [0.25, 0.3) is 0 Å². The first-order valence-electron chi connectivity index (χ1n) is 11.2. The molecule has 2 N–H and O–H groups in total. The van der Waals surface area contributed by atoms with Gasteiger partial charge >= 0.3 is 6.03 Å². The Labute approximate surface area is 190 Å². The number of para-hydroxylation sites is 1. The van der Waals surface area contributed by atoms with Crippen molar-refractivity contribution in [3.63, 3.8) is 0 Å². The Balaban J connectivity index is 1.32. The number of urea groups is 1. The van der Waals surface area contributed by atoms with Crippen LogP contribution >= 0.6 is 0 Å². The molecule has 1 aliphatic rings. The summed E-state index contributed by atoms with van der Waals surface area (Å²) < 4.78 is 5.80. The van der Waals surface area contributed by atoms with E-state index in [0.29, 0.717) is 12.5 Å². The van der Waals surface area contributed by atoms with Gasteiger partial charge in [0.15, 0.2) is 0 Å². The number of ether oxygens (including phenoxy) is 1. The molecule has 1 aliphatic carbocycles. The Hall–Kier alpha value is -3.31. The van der Waals surface area contributed by atoms with Crippen molar-refractivity contribution in [3.8, 4) is 5.75 Å². The first kappa shape index (κ1) is 21.9. The number of aryl methyl sites for hydroxylation is 1. The van der Waals surface area contributed by atoms with Crippen LogP contribution in [0.15, 0.2) is 72.8 Å². The largest absolute Gasteiger partial charge is 0.489 e. The Morgan fingerprint density at radius 3 is 2.50 bits per heavy atom. The fraction of sp³-hybridized carbons (Fsp3) is 0.296. The van der Waals surface area contributed by atoms with Gasteiger partial charge in [0.25, 0.3) is 0 Å². The minimum absolute atomic E-state index is 0.243. The van der Waals surface area contributed by atoms with E-state index < -0.39 is 0 Å². The summed E-state index contributed by atoms with van der Waals surface area (Å²) in [6.45, 7) is 1.57. The van der Waals surface area contributed by atoms with Crippen LogP contribution in [0.5, 0.6) is 5.75 Å². The van der Waals surface area contributed by atoms with Gasteiger partial charge in [0.1, 0.15) is 12.4 Å². The highest BCUT2D eigenvalue weighted by atomic mass is 16.5. The summed E-state index contributed by atoms with van der Waals surface area (Å²) >= 11 is 0. The maximum atomic E-state index is 12.6. The maximum Gasteiger partial charge on any atom is 0.323 e. The van der Waals surface area contributed by atoms with Gasteiger partial charge in [-0.1, -0.05) is 36.4 Å². The van der Waals surface area contributed by atoms with E-state index in [0.717, 1.165) is 42.1 Å². The second-order valence-electron chi connectivity index (χ2n) is 8.74. The molecule has 0 spiro atoms. The van der Waals surface area contributed by atoms with Crippen molar-refractivity contribution in [1.82, 2.24) is 4.90 Å². The summed E-state index contributed by atoms with van der Waals surface area (Å²) in [5, 5.41) is 5.90. The first-order valence-corrected chi connectivity index (χ1v) is 11.2. The number of nitrogens with zero attached hydrogens (tertiary/aromatic N) is 1. The normalized spacial score (nSPS) is 15.2. The standard InChI is InChI=1S/C27H31N3O2/c1-30(2)18-20-11-12-23-17-25(14-13-22(23)15-20)29-27(31)28-24-8-6-7-21(16-24)19-32-26-9-4-3-5-10-26/h3-10,13-14,16-17,20H,11-12,15,18-19H2,1-2H3,(H2,28,29,31). The minimum Gasteiger partial charge on any atom is -0.489 e. The molecular formula is C27H31N3O2. The quantitative estimate of drug-likeness (QED) is 0.516. The van der Waals surface area contributed by atoms with Crippen LogP contribution in [-0.2, 0) is 19.4 Å². The molecule has 1 atom stereocenters. The number of rotatable bonds is 7. The van der Waals surface area contributed by atoms with Crippen molar-refractivity contribution in [1.29, 1.82) is 0 Å². The lowest BCUT2D eigenvalue weighted by Crippen LogP contribution is -2.26. The number of hydrogen-bond donors (Lipinski definition) is 2. The maximum absolute atomic E-state index is 12.6. The molecule has 0 saturated heterocycles. The Morgan fingerprint density at radius 1 is 0.938 bits per heavy atom. The van der Waals surface area contributed by atoms with Crippen molar-refractivity contribution < 1.29 is 9.53 Å². The SMILES string of the molecule is CN(C)CC1CCc2cc(NC(=O)Nc3cccc(COc4ccccc4)c3)ccc2C1. The number of amides is 2. The van der Waals surface area contributed by atoms with Crippen molar-refractivity contribution in [2.75, 3.05) is 31.3 Å². The number of benzene rings is 3. The Bertz CT molecular complexity index is 1050. The van der Waals surface area contributed by atoms with E-state index in [4.69, 9.17) is 4.74 Å². The molecule has 166 valence electrons. The van der Waals surface area contributed by atoms with Gasteiger partial charge in [-0.2, -0.15) is 0 Å². The van der Waals surface area contributed by atoms with Crippen LogP contribution in [0.4, 0.5) is 16.2 Å². The lowest BCUT2D eigenvalue weighted by atomic mass is 9.83. The van der Waals surface area contributed by atoms with E-state index in [2.05, 4.69) is 41.8 Å². The molecule has 0 bridgehead atoms. The average molecular weight is 430 g/mol. The van der Waals surface area contributed by atoms with Gasteiger partial charge in [0.2, 0.25) is 0 Å². The number of carbonyl (C=O) groups excluding carboxylic acids is 1. The molecule has 3 aromatic carbocycles. The molecule has 0 fully saturated rings. The van der Waals surface area contributed by atoms with Crippen molar-refractivity contribution in [3.05, 3.63) is 89.5 Å². The summed E-state index contributed by atoms with van der Waals surface area (Å²) in [6, 6.07) is 23.5. The minimum atomic E-state index is -0.243. The summed E-state index contributed by atoms with van der Waals surface area (Å²) in [7, 11) is 4.26. The van der Waals surface area contributed by atoms with Gasteiger partial charge in [-0.3, -0.25) is 0 Å². The number of fused-ring (bicyclic) bond motifs is 1. The van der Waals surface area contributed by atoms with Gasteiger partial charge in [0, 0.05) is 17.9 Å². The summed E-state index contributed by atoms with van der Waals surface area (Å²) in [4.78, 5) is 14.8. The van der Waals surface area contributed by atoms with Crippen molar-refractivity contribution >= 4 is 17.4 Å².